The molecule has 2 rings (SSSR count). The molecule has 0 spiro atoms. The van der Waals surface area contributed by atoms with Crippen molar-refractivity contribution in [3.63, 3.8) is 0 Å². The molecule has 1 nitrogen and oxygen atoms in total. The van der Waals surface area contributed by atoms with E-state index in [1.54, 1.807) is 11.3 Å². The summed E-state index contributed by atoms with van der Waals surface area (Å²) in [4.78, 5) is 4.20. The number of para-hydroxylation sites is 1. The monoisotopic (exact) mass is 198 g/mol. The van der Waals surface area contributed by atoms with Crippen LogP contribution in [0.4, 0.5) is 0 Å². The van der Waals surface area contributed by atoms with E-state index in [0.717, 1.165) is 9.86 Å². The van der Waals surface area contributed by atoms with Crippen LogP contribution in [-0.4, -0.2) is 4.98 Å². The second-order valence-electron chi connectivity index (χ2n) is 1.96. The summed E-state index contributed by atoms with van der Waals surface area (Å²) in [6.07, 6.45) is 0. The molecule has 4 heteroatoms. The molecule has 0 saturated carbocycles. The Bertz CT molecular complexity index is 325. The Morgan fingerprint density at radius 1 is 1.27 bits per heavy atom. The Balaban J connectivity index is 0.000000605. The SMILES string of the molecule is Sc1nc2ccccc2s1.[P]. The zero-order valence-electron chi connectivity index (χ0n) is 5.56. The highest BCUT2D eigenvalue weighted by atomic mass is 32.2. The molecule has 0 bridgehead atoms. The van der Waals surface area contributed by atoms with E-state index in [-0.39, 0.29) is 9.90 Å². The van der Waals surface area contributed by atoms with Gasteiger partial charge in [-0.3, -0.25) is 0 Å². The van der Waals surface area contributed by atoms with Crippen molar-refractivity contribution < 1.29 is 0 Å². The lowest BCUT2D eigenvalue weighted by Gasteiger charge is -1.80. The van der Waals surface area contributed by atoms with Crippen LogP contribution in [0.3, 0.4) is 0 Å². The number of hydrogen-bond donors (Lipinski definition) is 1. The van der Waals surface area contributed by atoms with Gasteiger partial charge in [-0.1, -0.05) is 12.1 Å². The van der Waals surface area contributed by atoms with E-state index in [0.29, 0.717) is 0 Å². The maximum absolute atomic E-state index is 4.20. The lowest BCUT2D eigenvalue weighted by atomic mass is 10.3. The summed E-state index contributed by atoms with van der Waals surface area (Å²) in [6.45, 7) is 0. The van der Waals surface area contributed by atoms with Crippen molar-refractivity contribution in [3.8, 4) is 0 Å². The Kier molecular flexibility index (Phi) is 2.88. The lowest BCUT2D eigenvalue weighted by Crippen LogP contribution is -1.63. The minimum atomic E-state index is 0. The summed E-state index contributed by atoms with van der Waals surface area (Å²) in [5.41, 5.74) is 1.04. The van der Waals surface area contributed by atoms with Crippen LogP contribution in [0.5, 0.6) is 0 Å². The van der Waals surface area contributed by atoms with Crippen molar-refractivity contribution in [1.29, 1.82) is 0 Å². The lowest BCUT2D eigenvalue weighted by molar-refractivity contribution is 1.31. The quantitative estimate of drug-likeness (QED) is 0.505. The third-order valence-electron chi connectivity index (χ3n) is 1.28. The van der Waals surface area contributed by atoms with Crippen LogP contribution in [-0.2, 0) is 0 Å². The smallest absolute Gasteiger partial charge is 0.148 e. The first kappa shape index (κ1) is 8.98. The summed E-state index contributed by atoms with van der Waals surface area (Å²) in [5, 5.41) is 0. The predicted octanol–water partition coefficient (Wildman–Crippen LogP) is 3.45. The molecule has 0 fully saturated rings. The highest BCUT2D eigenvalue weighted by molar-refractivity contribution is 7.82. The average Bonchev–Trinajstić information content (AvgIpc) is 2.27. The van der Waals surface area contributed by atoms with E-state index in [9.17, 15) is 0 Å². The standard InChI is InChI=1S/C7H5NS2.P/c9-7-8-5-3-1-2-4-6(5)10-7;/h1-4H,(H,8,9);. The molecule has 1 heterocycles. The molecule has 0 aliphatic rings. The van der Waals surface area contributed by atoms with Gasteiger partial charge in [-0.15, -0.1) is 24.0 Å². The van der Waals surface area contributed by atoms with Crippen LogP contribution in [0.2, 0.25) is 0 Å². The van der Waals surface area contributed by atoms with Crippen LogP contribution in [0, 0.1) is 0 Å². The Labute approximate surface area is 77.9 Å². The van der Waals surface area contributed by atoms with Gasteiger partial charge in [0.05, 0.1) is 10.2 Å². The molecule has 11 heavy (non-hydrogen) atoms. The van der Waals surface area contributed by atoms with Crippen molar-refractivity contribution in [2.75, 3.05) is 0 Å². The molecular formula is C7H5NPS2. The van der Waals surface area contributed by atoms with Crippen LogP contribution in [0.1, 0.15) is 0 Å². The van der Waals surface area contributed by atoms with Gasteiger partial charge >= 0.3 is 0 Å². The maximum Gasteiger partial charge on any atom is 0.148 e. The maximum atomic E-state index is 4.20. The Morgan fingerprint density at radius 2 is 2.00 bits per heavy atom. The predicted molar refractivity (Wildman–Crippen MR) is 53.8 cm³/mol. The highest BCUT2D eigenvalue weighted by Gasteiger charge is 1.96. The van der Waals surface area contributed by atoms with Crippen LogP contribution >= 0.6 is 33.9 Å². The molecule has 1 aromatic heterocycles. The number of fused-ring (bicyclic) bond motifs is 1. The number of benzene rings is 1. The zero-order chi connectivity index (χ0) is 6.97. The van der Waals surface area contributed by atoms with Gasteiger partial charge in [0.25, 0.3) is 0 Å². The first-order valence-corrected chi connectivity index (χ1v) is 4.17. The van der Waals surface area contributed by atoms with Gasteiger partial charge in [0, 0.05) is 9.90 Å². The van der Waals surface area contributed by atoms with Gasteiger partial charge < -0.3 is 0 Å². The Hall–Kier alpha value is -0.110. The second-order valence-corrected chi connectivity index (χ2v) is 3.72. The summed E-state index contributed by atoms with van der Waals surface area (Å²) in [7, 11) is 0. The fourth-order valence-electron chi connectivity index (χ4n) is 0.860. The zero-order valence-corrected chi connectivity index (χ0v) is 8.16. The average molecular weight is 198 g/mol. The van der Waals surface area contributed by atoms with Gasteiger partial charge in [0.1, 0.15) is 4.34 Å². The largest absolute Gasteiger partial charge is 0.230 e. The molecule has 0 unspecified atom stereocenters. The molecule has 0 aliphatic heterocycles. The van der Waals surface area contributed by atoms with Crippen LogP contribution in [0.25, 0.3) is 10.2 Å². The number of thiol groups is 1. The molecule has 0 saturated heterocycles. The van der Waals surface area contributed by atoms with Crippen molar-refractivity contribution >= 4 is 44.1 Å². The number of hydrogen-bond acceptors (Lipinski definition) is 3. The number of rotatable bonds is 0. The minimum absolute atomic E-state index is 0. The van der Waals surface area contributed by atoms with E-state index >= 15 is 0 Å². The van der Waals surface area contributed by atoms with Crippen molar-refractivity contribution in [3.05, 3.63) is 24.3 Å². The van der Waals surface area contributed by atoms with Gasteiger partial charge in [-0.25, -0.2) is 4.98 Å². The van der Waals surface area contributed by atoms with Crippen LogP contribution < -0.4 is 0 Å². The van der Waals surface area contributed by atoms with Gasteiger partial charge in [-0.05, 0) is 12.1 Å². The molecule has 0 N–H and O–H groups in total. The summed E-state index contributed by atoms with van der Waals surface area (Å²) < 4.78 is 2.04. The summed E-state index contributed by atoms with van der Waals surface area (Å²) in [5.74, 6) is 0. The summed E-state index contributed by atoms with van der Waals surface area (Å²) >= 11 is 5.76. The highest BCUT2D eigenvalue weighted by Crippen LogP contribution is 2.23. The van der Waals surface area contributed by atoms with Crippen molar-refractivity contribution in [2.24, 2.45) is 0 Å². The number of nitrogens with zero attached hydrogens (tertiary/aromatic N) is 1. The molecule has 0 amide bonds. The van der Waals surface area contributed by atoms with E-state index in [4.69, 9.17) is 0 Å². The first-order valence-electron chi connectivity index (χ1n) is 2.91. The summed E-state index contributed by atoms with van der Waals surface area (Å²) in [6, 6.07) is 8.03. The topological polar surface area (TPSA) is 12.9 Å². The Morgan fingerprint density at radius 3 is 2.73 bits per heavy atom. The van der Waals surface area contributed by atoms with Crippen molar-refractivity contribution in [1.82, 2.24) is 4.98 Å². The number of thiazole rings is 1. The molecule has 55 valence electrons. The first-order chi connectivity index (χ1) is 4.86. The molecule has 0 aliphatic carbocycles. The normalized spacial score (nSPS) is 9.55. The third-order valence-corrected chi connectivity index (χ3v) is 2.50. The molecule has 0 atom stereocenters. The minimum Gasteiger partial charge on any atom is -0.230 e. The van der Waals surface area contributed by atoms with Gasteiger partial charge in [0.2, 0.25) is 0 Å². The van der Waals surface area contributed by atoms with Crippen LogP contribution in [0.15, 0.2) is 28.6 Å². The third kappa shape index (κ3) is 1.73. The van der Waals surface area contributed by atoms with Crippen molar-refractivity contribution in [2.45, 2.75) is 4.34 Å². The number of aromatic nitrogens is 1. The van der Waals surface area contributed by atoms with E-state index < -0.39 is 0 Å². The van der Waals surface area contributed by atoms with E-state index in [1.807, 2.05) is 24.3 Å². The fraction of sp³-hybridized carbons (Fsp3) is 0. The van der Waals surface area contributed by atoms with E-state index in [1.165, 1.54) is 4.70 Å². The molecule has 2 aromatic rings. The molecule has 1 aromatic carbocycles. The fourth-order valence-corrected chi connectivity index (χ4v) is 1.97. The van der Waals surface area contributed by atoms with E-state index in [2.05, 4.69) is 17.6 Å². The van der Waals surface area contributed by atoms with Gasteiger partial charge in [-0.2, -0.15) is 0 Å². The van der Waals surface area contributed by atoms with Gasteiger partial charge in [0.15, 0.2) is 0 Å². The second kappa shape index (κ2) is 3.53. The molecule has 3 radical (unpaired) electrons. The molecular weight excluding hydrogens is 193 g/mol.